The molecule has 0 spiro atoms. The van der Waals surface area contributed by atoms with E-state index in [1.807, 2.05) is 6.07 Å². The molecule has 2 aromatic heterocycles. The molecule has 2 aromatic rings. The fraction of sp³-hybridized carbons (Fsp3) is 0.0833. The van der Waals surface area contributed by atoms with Crippen molar-refractivity contribution >= 4 is 17.7 Å². The molecule has 0 aliphatic heterocycles. The molecule has 1 N–H and O–H groups in total. The Bertz CT molecular complexity index is 664. The first kappa shape index (κ1) is 13.0. The molecule has 0 radical (unpaired) electrons. The summed E-state index contributed by atoms with van der Waals surface area (Å²) in [5, 5.41) is 18.6. The minimum atomic E-state index is -1.03. The molecule has 2 rings (SSSR count). The zero-order valence-electron chi connectivity index (χ0n) is 9.86. The van der Waals surface area contributed by atoms with Crippen molar-refractivity contribution < 1.29 is 9.90 Å². The van der Waals surface area contributed by atoms with Crippen LogP contribution in [-0.4, -0.2) is 26.0 Å². The van der Waals surface area contributed by atoms with Crippen LogP contribution in [0.15, 0.2) is 34.6 Å². The zero-order chi connectivity index (χ0) is 13.8. The summed E-state index contributed by atoms with van der Waals surface area (Å²) in [6, 6.07) is 6.58. The van der Waals surface area contributed by atoms with Crippen LogP contribution in [0.3, 0.4) is 0 Å². The van der Waals surface area contributed by atoms with Crippen LogP contribution in [0.25, 0.3) is 0 Å². The minimum Gasteiger partial charge on any atom is -0.478 e. The molecule has 0 saturated carbocycles. The lowest BCUT2D eigenvalue weighted by Gasteiger charge is -2.01. The molecule has 0 fully saturated rings. The first-order valence-electron chi connectivity index (χ1n) is 5.21. The van der Waals surface area contributed by atoms with Gasteiger partial charge in [0.15, 0.2) is 5.16 Å². The van der Waals surface area contributed by atoms with E-state index in [1.165, 1.54) is 24.0 Å². The van der Waals surface area contributed by atoms with Crippen LogP contribution in [0.5, 0.6) is 0 Å². The Balaban J connectivity index is 2.24. The molecule has 0 saturated heterocycles. The number of nitriles is 1. The van der Waals surface area contributed by atoms with Gasteiger partial charge in [-0.1, -0.05) is 0 Å². The number of rotatable bonds is 3. The second-order valence-electron chi connectivity index (χ2n) is 3.58. The van der Waals surface area contributed by atoms with Crippen LogP contribution in [0.4, 0.5) is 0 Å². The number of nitrogens with zero attached hydrogens (tertiary/aromatic N) is 4. The van der Waals surface area contributed by atoms with E-state index < -0.39 is 5.97 Å². The largest absolute Gasteiger partial charge is 0.478 e. The Kier molecular flexibility index (Phi) is 3.73. The highest BCUT2D eigenvalue weighted by atomic mass is 32.2. The van der Waals surface area contributed by atoms with Crippen LogP contribution in [0.1, 0.15) is 21.7 Å². The lowest BCUT2D eigenvalue weighted by atomic mass is 10.3. The van der Waals surface area contributed by atoms with Gasteiger partial charge in [0.1, 0.15) is 16.8 Å². The predicted octanol–water partition coefficient (Wildman–Crippen LogP) is 1.90. The summed E-state index contributed by atoms with van der Waals surface area (Å²) in [6.07, 6.45) is 1.27. The van der Waals surface area contributed by atoms with Gasteiger partial charge in [0.25, 0.3) is 0 Å². The third kappa shape index (κ3) is 3.26. The summed E-state index contributed by atoms with van der Waals surface area (Å²) >= 11 is 1.17. The fourth-order valence-corrected chi connectivity index (χ4v) is 2.07. The van der Waals surface area contributed by atoms with E-state index in [0.29, 0.717) is 15.9 Å². The monoisotopic (exact) mass is 272 g/mol. The number of aryl methyl sites for hydroxylation is 1. The predicted molar refractivity (Wildman–Crippen MR) is 66.8 cm³/mol. The Hall–Kier alpha value is -2.46. The van der Waals surface area contributed by atoms with Gasteiger partial charge >= 0.3 is 5.97 Å². The summed E-state index contributed by atoms with van der Waals surface area (Å²) in [4.78, 5) is 22.9. The number of carboxylic acids is 1. The summed E-state index contributed by atoms with van der Waals surface area (Å²) < 4.78 is 0. The van der Waals surface area contributed by atoms with Crippen LogP contribution >= 0.6 is 11.8 Å². The normalized spacial score (nSPS) is 9.89. The first-order chi connectivity index (χ1) is 9.08. The van der Waals surface area contributed by atoms with E-state index in [-0.39, 0.29) is 11.3 Å². The molecule has 0 bridgehead atoms. The topological polar surface area (TPSA) is 99.8 Å². The number of aromatic nitrogens is 3. The molecule has 0 unspecified atom stereocenters. The Morgan fingerprint density at radius 2 is 2.21 bits per heavy atom. The summed E-state index contributed by atoms with van der Waals surface area (Å²) in [6.45, 7) is 1.77. The third-order valence-corrected chi connectivity index (χ3v) is 2.94. The van der Waals surface area contributed by atoms with Gasteiger partial charge in [0, 0.05) is 11.9 Å². The standard InChI is InChI=1S/C12H8N4O2S/c1-7-4-9(5-13)16-12(15-7)19-10-3-2-8(6-14-10)11(17)18/h2-4,6H,1H3,(H,17,18). The van der Waals surface area contributed by atoms with Crippen molar-refractivity contribution in [1.82, 2.24) is 15.0 Å². The van der Waals surface area contributed by atoms with Gasteiger partial charge in [-0.25, -0.2) is 19.7 Å². The Morgan fingerprint density at radius 3 is 2.79 bits per heavy atom. The average molecular weight is 272 g/mol. The van der Waals surface area contributed by atoms with Crippen molar-refractivity contribution in [2.24, 2.45) is 0 Å². The van der Waals surface area contributed by atoms with Crippen molar-refractivity contribution in [3.05, 3.63) is 41.3 Å². The van der Waals surface area contributed by atoms with Gasteiger partial charge in [-0.2, -0.15) is 5.26 Å². The van der Waals surface area contributed by atoms with Crippen molar-refractivity contribution in [3.8, 4) is 6.07 Å². The van der Waals surface area contributed by atoms with Crippen molar-refractivity contribution in [2.45, 2.75) is 17.1 Å². The number of carbonyl (C=O) groups is 1. The maximum Gasteiger partial charge on any atom is 0.337 e. The van der Waals surface area contributed by atoms with Crippen molar-refractivity contribution in [2.75, 3.05) is 0 Å². The van der Waals surface area contributed by atoms with E-state index in [0.717, 1.165) is 0 Å². The molecular formula is C12H8N4O2S. The SMILES string of the molecule is Cc1cc(C#N)nc(Sc2ccc(C(=O)O)cn2)n1. The Labute approximate surface area is 113 Å². The second-order valence-corrected chi connectivity index (χ2v) is 4.57. The molecule has 19 heavy (non-hydrogen) atoms. The van der Waals surface area contributed by atoms with E-state index in [1.54, 1.807) is 19.1 Å². The minimum absolute atomic E-state index is 0.118. The van der Waals surface area contributed by atoms with E-state index in [9.17, 15) is 4.79 Å². The van der Waals surface area contributed by atoms with Gasteiger partial charge in [-0.05, 0) is 36.9 Å². The molecule has 0 amide bonds. The highest BCUT2D eigenvalue weighted by molar-refractivity contribution is 7.99. The summed E-state index contributed by atoms with van der Waals surface area (Å²) in [5.74, 6) is -1.03. The molecule has 2 heterocycles. The highest BCUT2D eigenvalue weighted by Gasteiger charge is 2.07. The zero-order valence-corrected chi connectivity index (χ0v) is 10.7. The lowest BCUT2D eigenvalue weighted by molar-refractivity contribution is 0.0696. The van der Waals surface area contributed by atoms with Crippen molar-refractivity contribution in [3.63, 3.8) is 0 Å². The number of hydrogen-bond donors (Lipinski definition) is 1. The molecule has 0 aromatic carbocycles. The first-order valence-corrected chi connectivity index (χ1v) is 6.03. The molecule has 0 aliphatic rings. The third-order valence-electron chi connectivity index (χ3n) is 2.13. The highest BCUT2D eigenvalue weighted by Crippen LogP contribution is 2.23. The van der Waals surface area contributed by atoms with E-state index >= 15 is 0 Å². The number of carboxylic acid groups (broad SMARTS) is 1. The summed E-state index contributed by atoms with van der Waals surface area (Å²) in [7, 11) is 0. The van der Waals surface area contributed by atoms with Crippen LogP contribution in [-0.2, 0) is 0 Å². The lowest BCUT2D eigenvalue weighted by Crippen LogP contribution is -1.97. The average Bonchev–Trinajstić information content (AvgIpc) is 2.38. The molecule has 0 aliphatic carbocycles. The Morgan fingerprint density at radius 1 is 1.42 bits per heavy atom. The molecule has 7 heteroatoms. The van der Waals surface area contributed by atoms with Gasteiger partial charge in [0.05, 0.1) is 5.56 Å². The summed E-state index contributed by atoms with van der Waals surface area (Å²) in [5.41, 5.74) is 1.10. The molecular weight excluding hydrogens is 264 g/mol. The molecule has 94 valence electrons. The number of pyridine rings is 1. The maximum absolute atomic E-state index is 10.7. The second kappa shape index (κ2) is 5.46. The number of aromatic carboxylic acids is 1. The maximum atomic E-state index is 10.7. The molecule has 0 atom stereocenters. The smallest absolute Gasteiger partial charge is 0.337 e. The van der Waals surface area contributed by atoms with Crippen LogP contribution in [0, 0.1) is 18.3 Å². The molecule has 6 nitrogen and oxygen atoms in total. The van der Waals surface area contributed by atoms with Crippen molar-refractivity contribution in [1.29, 1.82) is 5.26 Å². The van der Waals surface area contributed by atoms with Gasteiger partial charge in [0.2, 0.25) is 0 Å². The van der Waals surface area contributed by atoms with Crippen LogP contribution < -0.4 is 0 Å². The fourth-order valence-electron chi connectivity index (χ4n) is 1.30. The van der Waals surface area contributed by atoms with E-state index in [4.69, 9.17) is 10.4 Å². The number of hydrogen-bond acceptors (Lipinski definition) is 6. The quantitative estimate of drug-likeness (QED) is 0.851. The van der Waals surface area contributed by atoms with E-state index in [2.05, 4.69) is 15.0 Å². The van der Waals surface area contributed by atoms with Gasteiger partial charge in [-0.3, -0.25) is 0 Å². The van der Waals surface area contributed by atoms with Gasteiger partial charge < -0.3 is 5.11 Å². The van der Waals surface area contributed by atoms with Crippen LogP contribution in [0.2, 0.25) is 0 Å². The van der Waals surface area contributed by atoms with Gasteiger partial charge in [-0.15, -0.1) is 0 Å².